The lowest BCUT2D eigenvalue weighted by molar-refractivity contribution is -0.122. The van der Waals surface area contributed by atoms with Gasteiger partial charge in [-0.05, 0) is 49.7 Å². The van der Waals surface area contributed by atoms with Gasteiger partial charge in [0.15, 0.2) is 11.6 Å². The number of carbonyl (C=O) groups is 2. The third kappa shape index (κ3) is 4.17. The molecule has 0 saturated heterocycles. The van der Waals surface area contributed by atoms with Crippen LogP contribution >= 0.6 is 0 Å². The Kier molecular flexibility index (Phi) is 5.16. The molecule has 1 aliphatic carbocycles. The van der Waals surface area contributed by atoms with E-state index in [2.05, 4.69) is 10.6 Å². The molecule has 0 bridgehead atoms. The molecule has 0 radical (unpaired) electrons. The first-order chi connectivity index (χ1) is 12.5. The molecule has 2 atom stereocenters. The monoisotopic (exact) mass is 360 g/mol. The van der Waals surface area contributed by atoms with Crippen molar-refractivity contribution in [2.75, 3.05) is 17.2 Å². The molecule has 0 heterocycles. The zero-order valence-electron chi connectivity index (χ0n) is 14.1. The van der Waals surface area contributed by atoms with Crippen molar-refractivity contribution in [3.05, 3.63) is 54.1 Å². The van der Waals surface area contributed by atoms with E-state index in [9.17, 15) is 18.4 Å². The number of nitrogens with one attached hydrogen (secondary N) is 2. The van der Waals surface area contributed by atoms with E-state index in [-0.39, 0.29) is 17.5 Å². The number of carbonyl (C=O) groups excluding carboxylic acids is 2. The molecule has 0 spiro atoms. The van der Waals surface area contributed by atoms with Crippen LogP contribution in [-0.4, -0.2) is 18.4 Å². The topological polar surface area (TPSA) is 67.4 Å². The van der Waals surface area contributed by atoms with E-state index < -0.39 is 23.5 Å². The number of rotatable bonds is 6. The second kappa shape index (κ2) is 7.51. The predicted molar refractivity (Wildman–Crippen MR) is 92.8 cm³/mol. The van der Waals surface area contributed by atoms with Crippen molar-refractivity contribution in [3.63, 3.8) is 0 Å². The average Bonchev–Trinajstić information content (AvgIpc) is 3.41. The molecule has 2 aromatic rings. The molecular formula is C19H18F2N2O3. The maximum Gasteiger partial charge on any atom is 0.228 e. The Morgan fingerprint density at radius 2 is 1.54 bits per heavy atom. The summed E-state index contributed by atoms with van der Waals surface area (Å²) in [6, 6.07) is 10.1. The van der Waals surface area contributed by atoms with Gasteiger partial charge in [0.05, 0.1) is 18.4 Å². The highest BCUT2D eigenvalue weighted by Gasteiger charge is 2.48. The quantitative estimate of drug-likeness (QED) is 0.827. The van der Waals surface area contributed by atoms with Crippen LogP contribution in [-0.2, 0) is 9.59 Å². The fourth-order valence-corrected chi connectivity index (χ4v) is 2.62. The van der Waals surface area contributed by atoms with Crippen LogP contribution in [0.15, 0.2) is 42.5 Å². The molecule has 2 N–H and O–H groups in total. The lowest BCUT2D eigenvalue weighted by Gasteiger charge is -2.08. The smallest absolute Gasteiger partial charge is 0.228 e. The minimum Gasteiger partial charge on any atom is -0.494 e. The van der Waals surface area contributed by atoms with Gasteiger partial charge in [-0.1, -0.05) is 0 Å². The second-order valence-corrected chi connectivity index (χ2v) is 6.01. The van der Waals surface area contributed by atoms with E-state index in [1.54, 1.807) is 24.3 Å². The maximum atomic E-state index is 13.2. The van der Waals surface area contributed by atoms with Gasteiger partial charge in [0.25, 0.3) is 0 Å². The van der Waals surface area contributed by atoms with Crippen LogP contribution in [0.25, 0.3) is 0 Å². The Morgan fingerprint density at radius 1 is 0.962 bits per heavy atom. The molecule has 136 valence electrons. The lowest BCUT2D eigenvalue weighted by Crippen LogP contribution is -2.20. The first-order valence-electron chi connectivity index (χ1n) is 8.27. The van der Waals surface area contributed by atoms with Gasteiger partial charge in [0, 0.05) is 17.4 Å². The van der Waals surface area contributed by atoms with Gasteiger partial charge in [-0.3, -0.25) is 9.59 Å². The first kappa shape index (κ1) is 17.8. The first-order valence-corrected chi connectivity index (χ1v) is 8.27. The molecule has 3 rings (SSSR count). The average molecular weight is 360 g/mol. The molecule has 0 aliphatic heterocycles. The van der Waals surface area contributed by atoms with Crippen LogP contribution in [0.2, 0.25) is 0 Å². The van der Waals surface area contributed by atoms with Crippen molar-refractivity contribution >= 4 is 23.2 Å². The van der Waals surface area contributed by atoms with E-state index in [1.165, 1.54) is 6.07 Å². The molecule has 7 heteroatoms. The highest BCUT2D eigenvalue weighted by molar-refractivity contribution is 6.03. The van der Waals surface area contributed by atoms with Crippen molar-refractivity contribution in [1.29, 1.82) is 0 Å². The van der Waals surface area contributed by atoms with Gasteiger partial charge >= 0.3 is 0 Å². The summed E-state index contributed by atoms with van der Waals surface area (Å²) < 4.78 is 31.4. The van der Waals surface area contributed by atoms with Crippen LogP contribution in [0.3, 0.4) is 0 Å². The Labute approximate surface area is 149 Å². The standard InChI is InChI=1S/C19H18F2N2O3/c1-2-26-13-6-3-11(4-7-13)22-18(24)14-10-15(14)19(25)23-12-5-8-16(20)17(21)9-12/h3-9,14-15H,2,10H2,1H3,(H,22,24)(H,23,25). The zero-order valence-corrected chi connectivity index (χ0v) is 14.1. The molecule has 2 aromatic carbocycles. The molecule has 2 amide bonds. The number of halogens is 2. The van der Waals surface area contributed by atoms with Crippen molar-refractivity contribution in [3.8, 4) is 5.75 Å². The molecule has 26 heavy (non-hydrogen) atoms. The number of ether oxygens (including phenoxy) is 1. The van der Waals surface area contributed by atoms with Crippen molar-refractivity contribution in [1.82, 2.24) is 0 Å². The SMILES string of the molecule is CCOc1ccc(NC(=O)C2CC2C(=O)Nc2ccc(F)c(F)c2)cc1. The molecule has 2 unspecified atom stereocenters. The Bertz CT molecular complexity index is 824. The Hall–Kier alpha value is -2.96. The predicted octanol–water partition coefficient (Wildman–Crippen LogP) is 3.58. The Balaban J connectivity index is 1.53. The molecule has 1 saturated carbocycles. The third-order valence-electron chi connectivity index (χ3n) is 4.08. The molecule has 1 fully saturated rings. The highest BCUT2D eigenvalue weighted by atomic mass is 19.2. The fourth-order valence-electron chi connectivity index (χ4n) is 2.62. The van der Waals surface area contributed by atoms with Crippen LogP contribution in [0.1, 0.15) is 13.3 Å². The molecule has 0 aromatic heterocycles. The van der Waals surface area contributed by atoms with Crippen LogP contribution in [0.5, 0.6) is 5.75 Å². The van der Waals surface area contributed by atoms with Crippen LogP contribution in [0.4, 0.5) is 20.2 Å². The van der Waals surface area contributed by atoms with Gasteiger partial charge in [0.2, 0.25) is 11.8 Å². The van der Waals surface area contributed by atoms with Gasteiger partial charge in [0.1, 0.15) is 5.75 Å². The van der Waals surface area contributed by atoms with Crippen molar-refractivity contribution < 1.29 is 23.1 Å². The molecule has 1 aliphatic rings. The van der Waals surface area contributed by atoms with Crippen molar-refractivity contribution in [2.24, 2.45) is 11.8 Å². The lowest BCUT2D eigenvalue weighted by atomic mass is 10.2. The van der Waals surface area contributed by atoms with Crippen molar-refractivity contribution in [2.45, 2.75) is 13.3 Å². The maximum absolute atomic E-state index is 13.2. The van der Waals surface area contributed by atoms with E-state index in [4.69, 9.17) is 4.74 Å². The number of hydrogen-bond acceptors (Lipinski definition) is 3. The van der Waals surface area contributed by atoms with Crippen LogP contribution < -0.4 is 15.4 Å². The summed E-state index contributed by atoms with van der Waals surface area (Å²) in [4.78, 5) is 24.4. The summed E-state index contributed by atoms with van der Waals surface area (Å²) in [5.74, 6) is -2.87. The van der Waals surface area contributed by atoms with Crippen LogP contribution in [0, 0.1) is 23.5 Å². The van der Waals surface area contributed by atoms with Gasteiger partial charge in [-0.2, -0.15) is 0 Å². The number of anilines is 2. The summed E-state index contributed by atoms with van der Waals surface area (Å²) in [5.41, 5.74) is 0.775. The summed E-state index contributed by atoms with van der Waals surface area (Å²) in [6.45, 7) is 2.44. The highest BCUT2D eigenvalue weighted by Crippen LogP contribution is 2.40. The summed E-state index contributed by atoms with van der Waals surface area (Å²) >= 11 is 0. The largest absolute Gasteiger partial charge is 0.494 e. The normalized spacial score (nSPS) is 18.1. The van der Waals surface area contributed by atoms with E-state index in [1.807, 2.05) is 6.92 Å². The van der Waals surface area contributed by atoms with E-state index in [0.29, 0.717) is 24.5 Å². The van der Waals surface area contributed by atoms with E-state index >= 15 is 0 Å². The van der Waals surface area contributed by atoms with E-state index in [0.717, 1.165) is 12.1 Å². The number of amides is 2. The molecular weight excluding hydrogens is 342 g/mol. The minimum atomic E-state index is -1.04. The Morgan fingerprint density at radius 3 is 2.12 bits per heavy atom. The number of benzene rings is 2. The minimum absolute atomic E-state index is 0.159. The zero-order chi connectivity index (χ0) is 18.7. The molecule has 5 nitrogen and oxygen atoms in total. The third-order valence-corrected chi connectivity index (χ3v) is 4.08. The summed E-state index contributed by atoms with van der Waals surface area (Å²) in [5, 5.41) is 5.25. The second-order valence-electron chi connectivity index (χ2n) is 6.01. The van der Waals surface area contributed by atoms with Gasteiger partial charge in [-0.25, -0.2) is 8.78 Å². The van der Waals surface area contributed by atoms with Gasteiger partial charge < -0.3 is 15.4 Å². The fraction of sp³-hybridized carbons (Fsp3) is 0.263. The number of hydrogen-bond donors (Lipinski definition) is 2. The van der Waals surface area contributed by atoms with Gasteiger partial charge in [-0.15, -0.1) is 0 Å². The summed E-state index contributed by atoms with van der Waals surface area (Å²) in [7, 11) is 0. The summed E-state index contributed by atoms with van der Waals surface area (Å²) in [6.07, 6.45) is 0.415.